The molecule has 2 aromatic rings. The highest BCUT2D eigenvalue weighted by Crippen LogP contribution is 2.26. The van der Waals surface area contributed by atoms with Crippen LogP contribution in [0, 0.1) is 5.82 Å². The van der Waals surface area contributed by atoms with Crippen molar-refractivity contribution >= 4 is 0 Å². The monoisotopic (exact) mass is 275 g/mol. The lowest BCUT2D eigenvalue weighted by Crippen LogP contribution is -2.18. The first-order chi connectivity index (χ1) is 9.62. The average molecular weight is 275 g/mol. The minimum Gasteiger partial charge on any atom is -0.313 e. The van der Waals surface area contributed by atoms with Crippen LogP contribution in [-0.4, -0.2) is 16.8 Å². The first-order valence-corrected chi connectivity index (χ1v) is 7.16. The van der Waals surface area contributed by atoms with E-state index in [-0.39, 0.29) is 11.9 Å². The van der Waals surface area contributed by atoms with Crippen LogP contribution in [0.2, 0.25) is 0 Å². The van der Waals surface area contributed by atoms with Crippen LogP contribution in [0.15, 0.2) is 24.3 Å². The van der Waals surface area contributed by atoms with Crippen LogP contribution < -0.4 is 5.32 Å². The van der Waals surface area contributed by atoms with Gasteiger partial charge in [0.15, 0.2) is 0 Å². The van der Waals surface area contributed by atoms with E-state index in [2.05, 4.69) is 30.3 Å². The lowest BCUT2D eigenvalue weighted by Gasteiger charge is -2.18. The van der Waals surface area contributed by atoms with Gasteiger partial charge < -0.3 is 5.32 Å². The molecule has 0 bridgehead atoms. The fraction of sp³-hybridized carbons (Fsp3) is 0.438. The Bertz CT molecular complexity index is 589. The zero-order chi connectivity index (χ0) is 14.7. The Kier molecular flexibility index (Phi) is 4.55. The van der Waals surface area contributed by atoms with Crippen molar-refractivity contribution in [2.45, 2.75) is 39.7 Å². The van der Waals surface area contributed by atoms with Crippen molar-refractivity contribution in [1.29, 1.82) is 0 Å². The van der Waals surface area contributed by atoms with E-state index in [1.54, 1.807) is 6.07 Å². The maximum atomic E-state index is 14.2. The molecule has 20 heavy (non-hydrogen) atoms. The van der Waals surface area contributed by atoms with Gasteiger partial charge in [-0.05, 0) is 45.0 Å². The van der Waals surface area contributed by atoms with E-state index < -0.39 is 0 Å². The summed E-state index contributed by atoms with van der Waals surface area (Å²) in [7, 11) is 1.84. The Morgan fingerprint density at radius 1 is 1.30 bits per heavy atom. The minimum atomic E-state index is -0.194. The Labute approximate surface area is 119 Å². The summed E-state index contributed by atoms with van der Waals surface area (Å²) in [5.74, 6) is -0.194. The predicted octanol–water partition coefficient (Wildman–Crippen LogP) is 3.42. The summed E-state index contributed by atoms with van der Waals surface area (Å²) in [4.78, 5) is 0. The molecule has 0 aliphatic heterocycles. The van der Waals surface area contributed by atoms with Crippen molar-refractivity contribution in [2.75, 3.05) is 7.05 Å². The van der Waals surface area contributed by atoms with Gasteiger partial charge in [-0.1, -0.05) is 19.9 Å². The van der Waals surface area contributed by atoms with Crippen molar-refractivity contribution in [3.05, 3.63) is 47.0 Å². The van der Waals surface area contributed by atoms with E-state index in [0.717, 1.165) is 29.9 Å². The van der Waals surface area contributed by atoms with Gasteiger partial charge in [-0.3, -0.25) is 0 Å². The second kappa shape index (κ2) is 6.18. The van der Waals surface area contributed by atoms with Crippen LogP contribution in [0.5, 0.6) is 0 Å². The molecule has 3 nitrogen and oxygen atoms in total. The molecular weight excluding hydrogens is 253 g/mol. The highest BCUT2D eigenvalue weighted by atomic mass is 19.1. The van der Waals surface area contributed by atoms with Crippen molar-refractivity contribution in [1.82, 2.24) is 15.1 Å². The molecule has 0 aliphatic rings. The molecule has 4 heteroatoms. The van der Waals surface area contributed by atoms with Gasteiger partial charge in [-0.25, -0.2) is 9.07 Å². The number of nitrogens with one attached hydrogen (secondary N) is 1. The van der Waals surface area contributed by atoms with Crippen LogP contribution in [-0.2, 0) is 12.8 Å². The van der Waals surface area contributed by atoms with Gasteiger partial charge in [0, 0.05) is 17.3 Å². The number of rotatable bonds is 5. The Hall–Kier alpha value is -1.68. The average Bonchev–Trinajstić information content (AvgIpc) is 2.89. The Balaban J connectivity index is 2.63. The van der Waals surface area contributed by atoms with E-state index >= 15 is 0 Å². The number of hydrogen-bond acceptors (Lipinski definition) is 2. The molecule has 108 valence electrons. The van der Waals surface area contributed by atoms with Crippen LogP contribution in [0.25, 0.3) is 5.69 Å². The third-order valence-electron chi connectivity index (χ3n) is 3.68. The van der Waals surface area contributed by atoms with E-state index in [4.69, 9.17) is 0 Å². The SMILES string of the molecule is CCc1cc(CC)n(-c2cccc(F)c2C(C)NC)n1. The van der Waals surface area contributed by atoms with E-state index in [0.29, 0.717) is 5.56 Å². The third-order valence-corrected chi connectivity index (χ3v) is 3.68. The number of nitrogens with zero attached hydrogens (tertiary/aromatic N) is 2. The van der Waals surface area contributed by atoms with Crippen molar-refractivity contribution in [3.8, 4) is 5.69 Å². The molecule has 1 heterocycles. The van der Waals surface area contributed by atoms with Crippen LogP contribution in [0.1, 0.15) is 43.8 Å². The highest BCUT2D eigenvalue weighted by molar-refractivity contribution is 5.44. The normalized spacial score (nSPS) is 12.7. The molecule has 1 aromatic carbocycles. The van der Waals surface area contributed by atoms with Crippen LogP contribution in [0.3, 0.4) is 0 Å². The molecule has 0 saturated carbocycles. The number of aryl methyl sites for hydroxylation is 2. The Morgan fingerprint density at radius 3 is 2.65 bits per heavy atom. The minimum absolute atomic E-state index is 0.0646. The summed E-state index contributed by atoms with van der Waals surface area (Å²) in [6, 6.07) is 7.20. The zero-order valence-electron chi connectivity index (χ0n) is 12.6. The van der Waals surface area contributed by atoms with E-state index in [9.17, 15) is 4.39 Å². The quantitative estimate of drug-likeness (QED) is 0.906. The van der Waals surface area contributed by atoms with Crippen molar-refractivity contribution < 1.29 is 4.39 Å². The molecule has 1 aromatic heterocycles. The van der Waals surface area contributed by atoms with Gasteiger partial charge in [-0.15, -0.1) is 0 Å². The number of benzene rings is 1. The first-order valence-electron chi connectivity index (χ1n) is 7.16. The topological polar surface area (TPSA) is 29.9 Å². The van der Waals surface area contributed by atoms with Gasteiger partial charge >= 0.3 is 0 Å². The molecule has 1 unspecified atom stereocenters. The number of hydrogen-bond donors (Lipinski definition) is 1. The lowest BCUT2D eigenvalue weighted by atomic mass is 10.1. The predicted molar refractivity (Wildman–Crippen MR) is 79.8 cm³/mol. The van der Waals surface area contributed by atoms with Gasteiger partial charge in [0.2, 0.25) is 0 Å². The summed E-state index contributed by atoms with van der Waals surface area (Å²) < 4.78 is 16.1. The summed E-state index contributed by atoms with van der Waals surface area (Å²) in [5, 5.41) is 7.72. The standard InChI is InChI=1S/C16H22FN3/c1-5-12-10-13(6-2)20(19-12)15-9-7-8-14(17)16(15)11(3)18-4/h7-11,18H,5-6H2,1-4H3. The molecular formula is C16H22FN3. The fourth-order valence-corrected chi connectivity index (χ4v) is 2.39. The molecule has 0 spiro atoms. The Morgan fingerprint density at radius 2 is 2.05 bits per heavy atom. The van der Waals surface area contributed by atoms with E-state index in [1.807, 2.05) is 24.7 Å². The zero-order valence-corrected chi connectivity index (χ0v) is 12.6. The lowest BCUT2D eigenvalue weighted by molar-refractivity contribution is 0.555. The van der Waals surface area contributed by atoms with Gasteiger partial charge in [0.1, 0.15) is 5.82 Å². The molecule has 0 fully saturated rings. The van der Waals surface area contributed by atoms with Crippen molar-refractivity contribution in [2.24, 2.45) is 0 Å². The second-order valence-corrected chi connectivity index (χ2v) is 4.93. The van der Waals surface area contributed by atoms with Crippen LogP contribution in [0.4, 0.5) is 4.39 Å². The van der Waals surface area contributed by atoms with Crippen LogP contribution >= 0.6 is 0 Å². The van der Waals surface area contributed by atoms with Gasteiger partial charge in [-0.2, -0.15) is 5.10 Å². The number of halogens is 1. The molecule has 0 radical (unpaired) electrons. The van der Waals surface area contributed by atoms with Crippen molar-refractivity contribution in [3.63, 3.8) is 0 Å². The van der Waals surface area contributed by atoms with Gasteiger partial charge in [0.25, 0.3) is 0 Å². The summed E-state index contributed by atoms with van der Waals surface area (Å²) in [6.45, 7) is 6.13. The maximum Gasteiger partial charge on any atom is 0.130 e. The molecule has 2 rings (SSSR count). The molecule has 0 saturated heterocycles. The highest BCUT2D eigenvalue weighted by Gasteiger charge is 2.18. The maximum absolute atomic E-state index is 14.2. The molecule has 1 N–H and O–H groups in total. The molecule has 1 atom stereocenters. The molecule has 0 amide bonds. The largest absolute Gasteiger partial charge is 0.313 e. The summed E-state index contributed by atoms with van der Waals surface area (Å²) >= 11 is 0. The summed E-state index contributed by atoms with van der Waals surface area (Å²) in [5.41, 5.74) is 3.63. The first kappa shape index (κ1) is 14.7. The third kappa shape index (κ3) is 2.61. The smallest absolute Gasteiger partial charge is 0.130 e. The summed E-state index contributed by atoms with van der Waals surface area (Å²) in [6.07, 6.45) is 1.75. The second-order valence-electron chi connectivity index (χ2n) is 4.93. The fourth-order valence-electron chi connectivity index (χ4n) is 2.39. The number of aromatic nitrogens is 2. The molecule has 0 aliphatic carbocycles. The van der Waals surface area contributed by atoms with E-state index in [1.165, 1.54) is 6.07 Å². The van der Waals surface area contributed by atoms with Gasteiger partial charge in [0.05, 0.1) is 11.4 Å².